The average Bonchev–Trinajstić information content (AvgIpc) is 3.86. The van der Waals surface area contributed by atoms with E-state index >= 15 is 0 Å². The number of amides is 5. The van der Waals surface area contributed by atoms with Gasteiger partial charge in [0.25, 0.3) is 0 Å². The van der Waals surface area contributed by atoms with E-state index in [0.29, 0.717) is 16.6 Å². The number of hydrogen-bond acceptors (Lipinski definition) is 13. The Balaban J connectivity index is 1.32. The number of aromatic nitrogens is 5. The average molecular weight is 905 g/mol. The van der Waals surface area contributed by atoms with Crippen LogP contribution in [0.1, 0.15) is 64.5 Å². The van der Waals surface area contributed by atoms with Gasteiger partial charge in [0.1, 0.15) is 29.3 Å². The fourth-order valence-corrected chi connectivity index (χ4v) is 7.16. The Kier molecular flexibility index (Phi) is 12.9. The van der Waals surface area contributed by atoms with Crippen LogP contribution in [0.2, 0.25) is 5.02 Å². The zero-order valence-corrected chi connectivity index (χ0v) is 36.9. The maximum Gasteiger partial charge on any atom is 0.419 e. The first-order chi connectivity index (χ1) is 29.5. The third-order valence-corrected chi connectivity index (χ3v) is 10.8. The summed E-state index contributed by atoms with van der Waals surface area (Å²) in [6.07, 6.45) is 0.375. The summed E-state index contributed by atoms with van der Waals surface area (Å²) in [5.74, 6) is -3.73. The highest BCUT2D eigenvalue weighted by atomic mass is 35.5. The summed E-state index contributed by atoms with van der Waals surface area (Å²) >= 11 is 6.32. The molecule has 1 saturated heterocycles. The lowest BCUT2D eigenvalue weighted by Crippen LogP contribution is -2.60. The number of urea groups is 1. The highest BCUT2D eigenvalue weighted by Gasteiger charge is 2.41. The van der Waals surface area contributed by atoms with E-state index in [1.165, 1.54) is 65.3 Å². The molecular formula is C41H45ClN10O10S. The van der Waals surface area contributed by atoms with Crippen LogP contribution >= 0.6 is 11.6 Å². The van der Waals surface area contributed by atoms with Crippen molar-refractivity contribution in [3.63, 3.8) is 0 Å². The van der Waals surface area contributed by atoms with Gasteiger partial charge in [-0.05, 0) is 119 Å². The van der Waals surface area contributed by atoms with Gasteiger partial charge in [-0.3, -0.25) is 14.4 Å². The minimum absolute atomic E-state index is 0.0555. The molecule has 0 bridgehead atoms. The number of benzene rings is 3. The topological polar surface area (TPSA) is 246 Å². The minimum atomic E-state index is -3.83. The summed E-state index contributed by atoms with van der Waals surface area (Å²) in [7, 11) is -3.83. The third-order valence-electron chi connectivity index (χ3n) is 9.28. The number of nitrogens with one attached hydrogen (secondary N) is 3. The number of halogens is 1. The molecule has 3 N–H and O–H groups in total. The molecule has 20 nitrogen and oxygen atoms in total. The summed E-state index contributed by atoms with van der Waals surface area (Å²) in [4.78, 5) is 84.0. The molecule has 22 heteroatoms. The Hall–Kier alpha value is -6.87. The SMILES string of the molecule is CCS(=O)(=O)NC(=O)Nc1ccc(CC(C(=O)Nc2ccc3c(c2)cc(C(=O)OC(C)(C)C)n3C(=O)OC(C)(C)C)N2CCN(c3cc(Cl)ccc3-n3cnnn3)C(=O)C2=O)cc1. The normalized spacial score (nSPS) is 14.0. The van der Waals surface area contributed by atoms with Crippen LogP contribution in [-0.2, 0) is 40.3 Å². The predicted octanol–water partition coefficient (Wildman–Crippen LogP) is 4.91. The highest BCUT2D eigenvalue weighted by molar-refractivity contribution is 7.90. The number of anilines is 3. The zero-order chi connectivity index (χ0) is 46.0. The summed E-state index contributed by atoms with van der Waals surface area (Å²) in [5, 5.41) is 17.1. The number of carbonyl (C=O) groups is 6. The van der Waals surface area contributed by atoms with Crippen LogP contribution in [0.15, 0.2) is 73.1 Å². The second-order valence-corrected chi connectivity index (χ2v) is 18.8. The molecule has 3 aromatic carbocycles. The summed E-state index contributed by atoms with van der Waals surface area (Å²) in [6, 6.07) is 14.5. The van der Waals surface area contributed by atoms with Crippen LogP contribution in [0.3, 0.4) is 0 Å². The minimum Gasteiger partial charge on any atom is -0.455 e. The first-order valence-corrected chi connectivity index (χ1v) is 21.5. The number of carbonyl (C=O) groups excluding carboxylic acids is 6. The highest BCUT2D eigenvalue weighted by Crippen LogP contribution is 2.31. The maximum atomic E-state index is 14.4. The molecule has 2 aromatic heterocycles. The Morgan fingerprint density at radius 3 is 2.14 bits per heavy atom. The fourth-order valence-electron chi connectivity index (χ4n) is 6.52. The Morgan fingerprint density at radius 2 is 1.51 bits per heavy atom. The van der Waals surface area contributed by atoms with Gasteiger partial charge in [0.2, 0.25) is 15.9 Å². The molecular weight excluding hydrogens is 860 g/mol. The molecule has 6 rings (SSSR count). The monoisotopic (exact) mass is 904 g/mol. The van der Waals surface area contributed by atoms with Crippen molar-refractivity contribution in [3.05, 3.63) is 89.3 Å². The Morgan fingerprint density at radius 1 is 0.825 bits per heavy atom. The van der Waals surface area contributed by atoms with Crippen LogP contribution in [0.5, 0.6) is 0 Å². The summed E-state index contributed by atoms with van der Waals surface area (Å²) < 4.78 is 39.2. The lowest BCUT2D eigenvalue weighted by molar-refractivity contribution is -0.149. The standard InChI is InChI=1S/C41H45ClN10O10S/c1-8-63(59,60)46-38(57)45-27-12-9-24(10-13-27)19-32(50-18-17-49(35(54)36(50)55)31-22-26(42)11-15-30(31)51-23-43-47-48-51)34(53)44-28-14-16-29-25(20-28)21-33(37(56)61-40(2,3)4)52(29)39(58)62-41(5,6)7/h9-16,20-23,32H,8,17-19H2,1-7H3,(H,44,53)(H2,45,46,57). The molecule has 5 amide bonds. The van der Waals surface area contributed by atoms with Crippen molar-refractivity contribution in [2.75, 3.05) is 34.4 Å². The molecule has 0 spiro atoms. The van der Waals surface area contributed by atoms with E-state index < -0.39 is 63.1 Å². The van der Waals surface area contributed by atoms with Crippen LogP contribution < -0.4 is 20.3 Å². The molecule has 1 atom stereocenters. The first-order valence-electron chi connectivity index (χ1n) is 19.5. The van der Waals surface area contributed by atoms with Gasteiger partial charge >= 0.3 is 29.9 Å². The molecule has 1 fully saturated rings. The fraction of sp³-hybridized carbons (Fsp3) is 0.341. The van der Waals surface area contributed by atoms with Crippen LogP contribution in [0.25, 0.3) is 16.6 Å². The molecule has 1 aliphatic rings. The van der Waals surface area contributed by atoms with Gasteiger partial charge < -0.3 is 29.9 Å². The quantitative estimate of drug-likeness (QED) is 0.118. The molecule has 1 unspecified atom stereocenters. The molecule has 332 valence electrons. The number of hydrogen-bond donors (Lipinski definition) is 3. The zero-order valence-electron chi connectivity index (χ0n) is 35.3. The summed E-state index contributed by atoms with van der Waals surface area (Å²) in [6.45, 7) is 11.3. The number of sulfonamides is 1. The second kappa shape index (κ2) is 17.8. The van der Waals surface area contributed by atoms with E-state index in [2.05, 4.69) is 26.2 Å². The van der Waals surface area contributed by atoms with E-state index in [9.17, 15) is 37.2 Å². The van der Waals surface area contributed by atoms with Crippen molar-refractivity contribution >= 4 is 85.4 Å². The Bertz CT molecular complexity index is 2710. The van der Waals surface area contributed by atoms with Crippen LogP contribution in [0, 0.1) is 0 Å². The van der Waals surface area contributed by atoms with Crippen molar-refractivity contribution in [2.45, 2.75) is 72.1 Å². The largest absolute Gasteiger partial charge is 0.455 e. The molecule has 0 saturated carbocycles. The number of esters is 1. The molecule has 3 heterocycles. The summed E-state index contributed by atoms with van der Waals surface area (Å²) in [5.41, 5.74) is -0.0208. The maximum absolute atomic E-state index is 14.4. The third kappa shape index (κ3) is 11.0. The molecule has 63 heavy (non-hydrogen) atoms. The van der Waals surface area contributed by atoms with Crippen molar-refractivity contribution in [1.29, 1.82) is 0 Å². The molecule has 1 aliphatic heterocycles. The second-order valence-electron chi connectivity index (χ2n) is 16.3. The van der Waals surface area contributed by atoms with Crippen molar-refractivity contribution in [1.82, 2.24) is 34.4 Å². The van der Waals surface area contributed by atoms with E-state index in [0.717, 1.165) is 9.47 Å². The molecule has 0 radical (unpaired) electrons. The van der Waals surface area contributed by atoms with Gasteiger partial charge in [0.15, 0.2) is 0 Å². The smallest absolute Gasteiger partial charge is 0.419 e. The van der Waals surface area contributed by atoms with Crippen LogP contribution in [-0.4, -0.2) is 110 Å². The molecule has 0 aliphatic carbocycles. The van der Waals surface area contributed by atoms with Gasteiger partial charge in [-0.1, -0.05) is 23.7 Å². The van der Waals surface area contributed by atoms with Gasteiger partial charge in [-0.2, -0.15) is 4.68 Å². The molecule has 5 aromatic rings. The lowest BCUT2D eigenvalue weighted by Gasteiger charge is -2.38. The van der Waals surface area contributed by atoms with Crippen LogP contribution in [0.4, 0.5) is 26.7 Å². The van der Waals surface area contributed by atoms with Gasteiger partial charge in [0.05, 0.1) is 22.6 Å². The number of piperazine rings is 1. The number of ether oxygens (including phenoxy) is 2. The first kappa shape index (κ1) is 45.7. The van der Waals surface area contributed by atoms with Crippen molar-refractivity contribution in [3.8, 4) is 5.69 Å². The van der Waals surface area contributed by atoms with E-state index in [-0.39, 0.29) is 58.6 Å². The van der Waals surface area contributed by atoms with E-state index in [1.807, 2.05) is 4.72 Å². The van der Waals surface area contributed by atoms with Crippen molar-refractivity contribution < 1.29 is 46.7 Å². The van der Waals surface area contributed by atoms with E-state index in [1.54, 1.807) is 65.8 Å². The lowest BCUT2D eigenvalue weighted by atomic mass is 10.0. The van der Waals surface area contributed by atoms with Gasteiger partial charge in [0, 0.05) is 41.3 Å². The van der Waals surface area contributed by atoms with Gasteiger partial charge in [-0.15, -0.1) is 5.10 Å². The predicted molar refractivity (Wildman–Crippen MR) is 231 cm³/mol. The van der Waals surface area contributed by atoms with Gasteiger partial charge in [-0.25, -0.2) is 32.1 Å². The number of rotatable bonds is 11. The van der Waals surface area contributed by atoms with E-state index in [4.69, 9.17) is 21.1 Å². The number of tetrazole rings is 1. The van der Waals surface area contributed by atoms with Crippen molar-refractivity contribution in [2.24, 2.45) is 0 Å². The number of nitrogens with zero attached hydrogens (tertiary/aromatic N) is 7. The number of fused-ring (bicyclic) bond motifs is 1. The Labute approximate surface area is 366 Å².